The van der Waals surface area contributed by atoms with E-state index in [4.69, 9.17) is 5.73 Å². The van der Waals surface area contributed by atoms with Crippen LogP contribution in [-0.4, -0.2) is 34.6 Å². The zero-order valence-electron chi connectivity index (χ0n) is 15.4. The molecule has 0 saturated heterocycles. The van der Waals surface area contributed by atoms with Gasteiger partial charge in [0.15, 0.2) is 11.5 Å². The van der Waals surface area contributed by atoms with Crippen LogP contribution in [0.2, 0.25) is 0 Å². The van der Waals surface area contributed by atoms with Crippen molar-refractivity contribution in [1.82, 2.24) is 19.1 Å². The van der Waals surface area contributed by atoms with Crippen LogP contribution in [-0.2, 0) is 14.8 Å². The number of carbonyl (C=O) groups excluding carboxylic acids is 1. The van der Waals surface area contributed by atoms with E-state index in [1.807, 2.05) is 6.92 Å². The third-order valence-corrected chi connectivity index (χ3v) is 6.63. The summed E-state index contributed by atoms with van der Waals surface area (Å²) in [5.74, 6) is 0.498. The van der Waals surface area contributed by atoms with Gasteiger partial charge in [0.25, 0.3) is 0 Å². The number of Topliss-reactive ketones (excluding diaryl/α,β-unsaturated/α-hetero) is 1. The van der Waals surface area contributed by atoms with Crippen LogP contribution in [0.4, 0.5) is 5.82 Å². The topological polar surface area (TPSA) is 119 Å². The Labute approximate surface area is 162 Å². The highest BCUT2D eigenvalue weighted by molar-refractivity contribution is 7.89. The molecule has 8 nitrogen and oxygen atoms in total. The molecule has 1 aliphatic carbocycles. The summed E-state index contributed by atoms with van der Waals surface area (Å²) >= 11 is 0. The molecule has 3 N–H and O–H groups in total. The number of nitrogens with zero attached hydrogens (tertiary/aromatic N) is 3. The van der Waals surface area contributed by atoms with E-state index in [1.54, 1.807) is 41.2 Å². The van der Waals surface area contributed by atoms with Gasteiger partial charge in [0.1, 0.15) is 5.78 Å². The number of carbonyl (C=O) groups is 1. The number of ketones is 1. The van der Waals surface area contributed by atoms with Gasteiger partial charge in [-0.05, 0) is 37.5 Å². The molecular weight excluding hydrogens is 378 g/mol. The minimum absolute atomic E-state index is 0.182. The first kappa shape index (κ1) is 18.6. The fourth-order valence-corrected chi connectivity index (χ4v) is 4.86. The molecule has 0 spiro atoms. The van der Waals surface area contributed by atoms with Gasteiger partial charge in [-0.3, -0.25) is 9.20 Å². The van der Waals surface area contributed by atoms with Crippen molar-refractivity contribution < 1.29 is 13.2 Å². The molecule has 2 aromatic heterocycles. The highest BCUT2D eigenvalue weighted by Gasteiger charge is 2.25. The molecule has 0 atom stereocenters. The summed E-state index contributed by atoms with van der Waals surface area (Å²) in [6.07, 6.45) is 6.90. The number of nitrogens with two attached hydrogens (primary N) is 1. The molecule has 4 rings (SSSR count). The maximum atomic E-state index is 12.9. The average molecular weight is 399 g/mol. The lowest BCUT2D eigenvalue weighted by molar-refractivity contribution is -0.120. The van der Waals surface area contributed by atoms with Crippen molar-refractivity contribution in [3.8, 4) is 11.3 Å². The minimum atomic E-state index is -3.70. The van der Waals surface area contributed by atoms with Crippen molar-refractivity contribution in [3.05, 3.63) is 42.4 Å². The zero-order chi connectivity index (χ0) is 19.9. The minimum Gasteiger partial charge on any atom is -0.381 e. The second-order valence-electron chi connectivity index (χ2n) is 7.06. The van der Waals surface area contributed by atoms with E-state index in [1.165, 1.54) is 0 Å². The Bertz CT molecular complexity index is 1160. The SMILES string of the molecule is Cc1ccc(S(=O)(=O)NC2CCC(=O)CC2)cc1-c1cnc2c(N)nccn12. The maximum absolute atomic E-state index is 12.9. The van der Waals surface area contributed by atoms with Crippen LogP contribution in [0, 0.1) is 6.92 Å². The molecule has 0 radical (unpaired) electrons. The average Bonchev–Trinajstić information content (AvgIpc) is 3.09. The highest BCUT2D eigenvalue weighted by atomic mass is 32.2. The van der Waals surface area contributed by atoms with Gasteiger partial charge >= 0.3 is 0 Å². The second-order valence-corrected chi connectivity index (χ2v) is 8.77. The molecule has 1 saturated carbocycles. The monoisotopic (exact) mass is 399 g/mol. The van der Waals surface area contributed by atoms with Gasteiger partial charge in [-0.25, -0.2) is 23.1 Å². The summed E-state index contributed by atoms with van der Waals surface area (Å²) in [7, 11) is -3.70. The molecule has 1 aliphatic rings. The molecule has 146 valence electrons. The summed E-state index contributed by atoms with van der Waals surface area (Å²) in [4.78, 5) is 19.9. The molecule has 3 aromatic rings. The predicted octanol–water partition coefficient (Wildman–Crippen LogP) is 2.08. The number of aryl methyl sites for hydroxylation is 1. The Balaban J connectivity index is 1.70. The molecule has 1 aromatic carbocycles. The summed E-state index contributed by atoms with van der Waals surface area (Å²) < 4.78 is 30.3. The lowest BCUT2D eigenvalue weighted by Crippen LogP contribution is -2.37. The number of hydrogen-bond acceptors (Lipinski definition) is 6. The quantitative estimate of drug-likeness (QED) is 0.693. The molecule has 0 unspecified atom stereocenters. The number of imidazole rings is 1. The van der Waals surface area contributed by atoms with E-state index in [2.05, 4.69) is 14.7 Å². The Hall–Kier alpha value is -2.78. The van der Waals surface area contributed by atoms with E-state index in [0.29, 0.717) is 37.1 Å². The van der Waals surface area contributed by atoms with Crippen LogP contribution in [0.3, 0.4) is 0 Å². The first-order chi connectivity index (χ1) is 13.3. The number of rotatable bonds is 4. The number of hydrogen-bond donors (Lipinski definition) is 2. The van der Waals surface area contributed by atoms with Crippen molar-refractivity contribution >= 4 is 27.3 Å². The molecule has 1 fully saturated rings. The Morgan fingerprint density at radius 1 is 1.21 bits per heavy atom. The van der Waals surface area contributed by atoms with Crippen molar-refractivity contribution in [2.24, 2.45) is 0 Å². The first-order valence-electron chi connectivity index (χ1n) is 9.08. The lowest BCUT2D eigenvalue weighted by atomic mass is 9.95. The number of aromatic nitrogens is 3. The van der Waals surface area contributed by atoms with Gasteiger partial charge in [0.2, 0.25) is 10.0 Å². The lowest BCUT2D eigenvalue weighted by Gasteiger charge is -2.22. The maximum Gasteiger partial charge on any atom is 0.240 e. The van der Waals surface area contributed by atoms with Crippen molar-refractivity contribution in [2.45, 2.75) is 43.5 Å². The van der Waals surface area contributed by atoms with Gasteiger partial charge in [-0.2, -0.15) is 0 Å². The van der Waals surface area contributed by atoms with Crippen LogP contribution < -0.4 is 10.5 Å². The first-order valence-corrected chi connectivity index (χ1v) is 10.6. The van der Waals surface area contributed by atoms with Gasteiger partial charge in [-0.1, -0.05) is 6.07 Å². The number of nitrogens with one attached hydrogen (secondary N) is 1. The summed E-state index contributed by atoms with van der Waals surface area (Å²) in [5.41, 5.74) is 8.80. The van der Waals surface area contributed by atoms with Crippen molar-refractivity contribution in [2.75, 3.05) is 5.73 Å². The van der Waals surface area contributed by atoms with E-state index < -0.39 is 10.0 Å². The normalized spacial score (nSPS) is 16.0. The smallest absolute Gasteiger partial charge is 0.240 e. The van der Waals surface area contributed by atoms with Crippen LogP contribution >= 0.6 is 0 Å². The molecule has 9 heteroatoms. The van der Waals surface area contributed by atoms with Gasteiger partial charge in [0.05, 0.1) is 16.8 Å². The van der Waals surface area contributed by atoms with Crippen LogP contribution in [0.5, 0.6) is 0 Å². The number of fused-ring (bicyclic) bond motifs is 1. The number of sulfonamides is 1. The van der Waals surface area contributed by atoms with Crippen molar-refractivity contribution in [3.63, 3.8) is 0 Å². The van der Waals surface area contributed by atoms with Gasteiger partial charge in [-0.15, -0.1) is 0 Å². The molecule has 0 aliphatic heterocycles. The molecule has 0 bridgehead atoms. The third-order valence-electron chi connectivity index (χ3n) is 5.12. The fourth-order valence-electron chi connectivity index (χ4n) is 3.53. The van der Waals surface area contributed by atoms with E-state index in [0.717, 1.165) is 16.8 Å². The molecule has 0 amide bonds. The largest absolute Gasteiger partial charge is 0.381 e. The summed E-state index contributed by atoms with van der Waals surface area (Å²) in [6.45, 7) is 1.91. The second kappa shape index (κ2) is 6.99. The number of benzene rings is 1. The third kappa shape index (κ3) is 3.38. The van der Waals surface area contributed by atoms with Gasteiger partial charge in [0, 0.05) is 36.8 Å². The Kier molecular flexibility index (Phi) is 4.64. The Morgan fingerprint density at radius 2 is 1.96 bits per heavy atom. The van der Waals surface area contributed by atoms with Crippen molar-refractivity contribution in [1.29, 1.82) is 0 Å². The Morgan fingerprint density at radius 3 is 2.71 bits per heavy atom. The van der Waals surface area contributed by atoms with Crippen LogP contribution in [0.1, 0.15) is 31.2 Å². The fraction of sp³-hybridized carbons (Fsp3) is 0.316. The highest BCUT2D eigenvalue weighted by Crippen LogP contribution is 2.28. The van der Waals surface area contributed by atoms with Gasteiger partial charge < -0.3 is 5.73 Å². The number of anilines is 1. The standard InChI is InChI=1S/C19H21N5O3S/c1-12-2-7-15(28(26,27)23-13-3-5-14(25)6-4-13)10-16(12)17-11-22-19-18(20)21-8-9-24(17)19/h2,7-11,13,23H,3-6H2,1H3,(H2,20,21). The van der Waals surface area contributed by atoms with E-state index >= 15 is 0 Å². The molecular formula is C19H21N5O3S. The predicted molar refractivity (Wildman–Crippen MR) is 105 cm³/mol. The van der Waals surface area contributed by atoms with E-state index in [9.17, 15) is 13.2 Å². The molecule has 2 heterocycles. The summed E-state index contributed by atoms with van der Waals surface area (Å²) in [6, 6.07) is 4.80. The molecule has 28 heavy (non-hydrogen) atoms. The van der Waals surface area contributed by atoms with Crippen LogP contribution in [0.25, 0.3) is 16.9 Å². The van der Waals surface area contributed by atoms with Crippen LogP contribution in [0.15, 0.2) is 41.7 Å². The number of nitrogen functional groups attached to an aromatic ring is 1. The zero-order valence-corrected chi connectivity index (χ0v) is 16.2. The van der Waals surface area contributed by atoms with E-state index in [-0.39, 0.29) is 16.7 Å². The summed E-state index contributed by atoms with van der Waals surface area (Å²) in [5, 5.41) is 0.